The molecule has 1 heterocycles. The predicted molar refractivity (Wildman–Crippen MR) is 81.1 cm³/mol. The van der Waals surface area contributed by atoms with Crippen LogP contribution in [-0.2, 0) is 9.59 Å². The second-order valence-corrected chi connectivity index (χ2v) is 5.56. The topological polar surface area (TPSA) is 69.6 Å². The van der Waals surface area contributed by atoms with E-state index in [1.165, 1.54) is 0 Å². The fourth-order valence-electron chi connectivity index (χ4n) is 2.60. The molecule has 1 saturated heterocycles. The molecular weight excluding hydrogens is 292 g/mol. The number of aliphatic hydroxyl groups is 1. The third-order valence-corrected chi connectivity index (χ3v) is 3.86. The highest BCUT2D eigenvalue weighted by Gasteiger charge is 2.30. The lowest BCUT2D eigenvalue weighted by Crippen LogP contribution is -2.48. The number of nitrogens with zero attached hydrogens (tertiary/aromatic N) is 1. The summed E-state index contributed by atoms with van der Waals surface area (Å²) >= 11 is 5.85. The molecule has 2 amide bonds. The standard InChI is InChI=1S/C15H19ClN2O3/c16-11-4-3-5-12(10-11)17-14(20)15(21)18-8-2-1-6-13(18)7-9-19/h3-5,10,13,19H,1-2,6-9H2,(H,17,20). The van der Waals surface area contributed by atoms with Gasteiger partial charge in [-0.2, -0.15) is 0 Å². The van der Waals surface area contributed by atoms with Crippen LogP contribution in [0.1, 0.15) is 25.7 Å². The number of nitrogens with one attached hydrogen (secondary N) is 1. The van der Waals surface area contributed by atoms with Crippen LogP contribution >= 0.6 is 11.6 Å². The van der Waals surface area contributed by atoms with Crippen LogP contribution in [0.5, 0.6) is 0 Å². The number of rotatable bonds is 3. The highest BCUT2D eigenvalue weighted by atomic mass is 35.5. The monoisotopic (exact) mass is 310 g/mol. The molecule has 1 aliphatic heterocycles. The molecule has 0 spiro atoms. The first-order valence-corrected chi connectivity index (χ1v) is 7.48. The molecule has 2 rings (SSSR count). The van der Waals surface area contributed by atoms with Gasteiger partial charge in [-0.1, -0.05) is 17.7 Å². The van der Waals surface area contributed by atoms with Crippen LogP contribution in [0.4, 0.5) is 5.69 Å². The third-order valence-electron chi connectivity index (χ3n) is 3.63. The molecule has 2 N–H and O–H groups in total. The van der Waals surface area contributed by atoms with E-state index in [2.05, 4.69) is 5.32 Å². The molecule has 21 heavy (non-hydrogen) atoms. The van der Waals surface area contributed by atoms with Crippen LogP contribution in [0, 0.1) is 0 Å². The summed E-state index contributed by atoms with van der Waals surface area (Å²) in [5, 5.41) is 12.1. The maximum Gasteiger partial charge on any atom is 0.313 e. The van der Waals surface area contributed by atoms with Gasteiger partial charge in [0.2, 0.25) is 0 Å². The van der Waals surface area contributed by atoms with Gasteiger partial charge in [0.15, 0.2) is 0 Å². The van der Waals surface area contributed by atoms with Gasteiger partial charge in [-0.05, 0) is 43.9 Å². The lowest BCUT2D eigenvalue weighted by Gasteiger charge is -2.35. The molecule has 0 aliphatic carbocycles. The predicted octanol–water partition coefficient (Wildman–Crippen LogP) is 2.04. The van der Waals surface area contributed by atoms with Crippen molar-refractivity contribution in [2.45, 2.75) is 31.7 Å². The van der Waals surface area contributed by atoms with E-state index in [1.54, 1.807) is 29.2 Å². The Balaban J connectivity index is 2.02. The number of anilines is 1. The third kappa shape index (κ3) is 4.19. The molecular formula is C15H19ClN2O3. The average Bonchev–Trinajstić information content (AvgIpc) is 2.47. The van der Waals surface area contributed by atoms with Gasteiger partial charge in [-0.15, -0.1) is 0 Å². The van der Waals surface area contributed by atoms with E-state index in [4.69, 9.17) is 16.7 Å². The van der Waals surface area contributed by atoms with Crippen molar-refractivity contribution in [2.24, 2.45) is 0 Å². The van der Waals surface area contributed by atoms with E-state index in [1.807, 2.05) is 0 Å². The van der Waals surface area contributed by atoms with Crippen molar-refractivity contribution >= 4 is 29.1 Å². The number of carbonyl (C=O) groups is 2. The average molecular weight is 311 g/mol. The van der Waals surface area contributed by atoms with Crippen LogP contribution in [-0.4, -0.2) is 41.0 Å². The van der Waals surface area contributed by atoms with Crippen molar-refractivity contribution in [3.63, 3.8) is 0 Å². The van der Waals surface area contributed by atoms with Crippen LogP contribution in [0.3, 0.4) is 0 Å². The molecule has 1 aromatic carbocycles. The molecule has 1 unspecified atom stereocenters. The van der Waals surface area contributed by atoms with Crippen molar-refractivity contribution in [3.8, 4) is 0 Å². The van der Waals surface area contributed by atoms with Gasteiger partial charge in [0.05, 0.1) is 0 Å². The highest BCUT2D eigenvalue weighted by molar-refractivity contribution is 6.39. The minimum Gasteiger partial charge on any atom is -0.396 e. The first-order valence-electron chi connectivity index (χ1n) is 7.10. The van der Waals surface area contributed by atoms with E-state index in [-0.39, 0.29) is 12.6 Å². The molecule has 1 aromatic rings. The van der Waals surface area contributed by atoms with E-state index in [0.717, 1.165) is 19.3 Å². The normalized spacial score (nSPS) is 18.4. The van der Waals surface area contributed by atoms with Gasteiger partial charge in [0, 0.05) is 29.9 Å². The maximum atomic E-state index is 12.3. The van der Waals surface area contributed by atoms with Gasteiger partial charge in [-0.3, -0.25) is 9.59 Å². The lowest BCUT2D eigenvalue weighted by atomic mass is 9.99. The zero-order valence-corrected chi connectivity index (χ0v) is 12.5. The SMILES string of the molecule is O=C(Nc1cccc(Cl)c1)C(=O)N1CCCCC1CCO. The van der Waals surface area contributed by atoms with Crippen LogP contribution in [0.2, 0.25) is 5.02 Å². The van der Waals surface area contributed by atoms with E-state index in [0.29, 0.717) is 23.7 Å². The number of likely N-dealkylation sites (tertiary alicyclic amines) is 1. The summed E-state index contributed by atoms with van der Waals surface area (Å²) in [6, 6.07) is 6.62. The fourth-order valence-corrected chi connectivity index (χ4v) is 2.79. The first-order chi connectivity index (χ1) is 10.1. The quantitative estimate of drug-likeness (QED) is 0.839. The molecule has 1 fully saturated rings. The Bertz CT molecular complexity index is 519. The summed E-state index contributed by atoms with van der Waals surface area (Å²) in [5.74, 6) is -1.21. The Morgan fingerprint density at radius 3 is 2.90 bits per heavy atom. The number of carbonyl (C=O) groups excluding carboxylic acids is 2. The molecule has 1 atom stereocenters. The Labute approximate surface area is 128 Å². The zero-order valence-electron chi connectivity index (χ0n) is 11.7. The van der Waals surface area contributed by atoms with Gasteiger partial charge in [-0.25, -0.2) is 0 Å². The van der Waals surface area contributed by atoms with Gasteiger partial charge >= 0.3 is 11.8 Å². The lowest BCUT2D eigenvalue weighted by molar-refractivity contribution is -0.146. The summed E-state index contributed by atoms with van der Waals surface area (Å²) in [4.78, 5) is 25.9. The number of amides is 2. The fraction of sp³-hybridized carbons (Fsp3) is 0.467. The number of aliphatic hydroxyl groups excluding tert-OH is 1. The van der Waals surface area contributed by atoms with Gasteiger partial charge in [0.1, 0.15) is 0 Å². The summed E-state index contributed by atoms with van der Waals surface area (Å²) in [6.07, 6.45) is 3.25. The second kappa shape index (κ2) is 7.43. The molecule has 5 nitrogen and oxygen atoms in total. The molecule has 114 valence electrons. The van der Waals surface area contributed by atoms with E-state index < -0.39 is 11.8 Å². The molecule has 0 aromatic heterocycles. The number of halogens is 1. The first kappa shape index (κ1) is 15.8. The van der Waals surface area contributed by atoms with E-state index in [9.17, 15) is 9.59 Å². The zero-order chi connectivity index (χ0) is 15.2. The summed E-state index contributed by atoms with van der Waals surface area (Å²) in [7, 11) is 0. The van der Waals surface area contributed by atoms with Crippen molar-refractivity contribution in [2.75, 3.05) is 18.5 Å². The minimum atomic E-state index is -0.665. The summed E-state index contributed by atoms with van der Waals surface area (Å²) < 4.78 is 0. The highest BCUT2D eigenvalue weighted by Crippen LogP contribution is 2.20. The maximum absolute atomic E-state index is 12.3. The summed E-state index contributed by atoms with van der Waals surface area (Å²) in [6.45, 7) is 0.580. The van der Waals surface area contributed by atoms with Crippen LogP contribution in [0.25, 0.3) is 0 Å². The smallest absolute Gasteiger partial charge is 0.313 e. The number of benzene rings is 1. The van der Waals surface area contributed by atoms with Crippen molar-refractivity contribution in [3.05, 3.63) is 29.3 Å². The largest absolute Gasteiger partial charge is 0.396 e. The van der Waals surface area contributed by atoms with Crippen LogP contribution < -0.4 is 5.32 Å². The molecule has 6 heteroatoms. The van der Waals surface area contributed by atoms with Gasteiger partial charge in [0.25, 0.3) is 0 Å². The molecule has 0 saturated carbocycles. The van der Waals surface area contributed by atoms with Gasteiger partial charge < -0.3 is 15.3 Å². The van der Waals surface area contributed by atoms with Crippen LogP contribution in [0.15, 0.2) is 24.3 Å². The Morgan fingerprint density at radius 1 is 1.38 bits per heavy atom. The Morgan fingerprint density at radius 2 is 2.19 bits per heavy atom. The number of piperidine rings is 1. The van der Waals surface area contributed by atoms with Crippen molar-refractivity contribution in [1.29, 1.82) is 0 Å². The Hall–Kier alpha value is -1.59. The van der Waals surface area contributed by atoms with E-state index >= 15 is 0 Å². The minimum absolute atomic E-state index is 0.0182. The Kier molecular flexibility index (Phi) is 5.59. The van der Waals surface area contributed by atoms with Crippen molar-refractivity contribution < 1.29 is 14.7 Å². The summed E-state index contributed by atoms with van der Waals surface area (Å²) in [5.41, 5.74) is 0.497. The number of hydrogen-bond donors (Lipinski definition) is 2. The number of hydrogen-bond acceptors (Lipinski definition) is 3. The van der Waals surface area contributed by atoms with Crippen molar-refractivity contribution in [1.82, 2.24) is 4.90 Å². The molecule has 0 bridgehead atoms. The molecule has 1 aliphatic rings. The second-order valence-electron chi connectivity index (χ2n) is 5.12. The molecule has 0 radical (unpaired) electrons.